The summed E-state index contributed by atoms with van der Waals surface area (Å²) in [6.45, 7) is 4.70. The first kappa shape index (κ1) is 88.8. The molecule has 0 radical (unpaired) electrons. The Bertz CT molecular complexity index is 9890. The molecule has 0 N–H and O–H groups in total. The Morgan fingerprint density at radius 3 is 1.07 bits per heavy atom. The molecule has 149 heavy (non-hydrogen) atoms. The molecular weight excluding hydrogens is 1830 g/mol. The molecule has 704 valence electrons. The maximum Gasteiger partial charge on any atom is 0.137 e. The van der Waals surface area contributed by atoms with Gasteiger partial charge in [-0.25, -0.2) is 0 Å². The SMILES string of the molecule is CC1(C)c2ccccc2-c2ccc(N(c3ccc(-c4ccccc4)cc3)c3ccc(-c4ccc5c(c4)c4ccccc4n5-c4ccccc4)cc3)cc21.c1ccc(-c2ccc(N(c3ccc(-c4ccc5c(c4)c4ccccc4n5-c4ccccc4)cc3)c3ccc4c(c3)oc3ccccc34)cc2)cc1.c1ccc(N(c2ccc(-c3cccc4c3sc3ccccc34)cc2)c2cccc3c2c2ccccc2n3-c2ccccc2)cc1. The van der Waals surface area contributed by atoms with Gasteiger partial charge in [0.05, 0.1) is 38.8 Å². The average molecular weight is 1920 g/mol. The largest absolute Gasteiger partial charge is 0.456 e. The first-order valence-electron chi connectivity index (χ1n) is 51.1. The minimum absolute atomic E-state index is 0.0864. The van der Waals surface area contributed by atoms with Crippen LogP contribution in [0.3, 0.4) is 0 Å². The molecule has 29 rings (SSSR count). The summed E-state index contributed by atoms with van der Waals surface area (Å²) < 4.78 is 16.1. The summed E-state index contributed by atoms with van der Waals surface area (Å²) in [4.78, 5) is 7.10. The maximum atomic E-state index is 6.34. The van der Waals surface area contributed by atoms with Crippen molar-refractivity contribution in [2.75, 3.05) is 14.7 Å². The molecular formula is C141H98N6OS. The van der Waals surface area contributed by atoms with Crippen LogP contribution in [0.2, 0.25) is 0 Å². The zero-order chi connectivity index (χ0) is 99.0. The van der Waals surface area contributed by atoms with Crippen molar-refractivity contribution >= 4 is 170 Å². The number of para-hydroxylation sites is 8. The van der Waals surface area contributed by atoms with Crippen molar-refractivity contribution < 1.29 is 4.42 Å². The molecule has 28 aromatic rings. The average Bonchev–Trinajstić information content (AvgIpc) is 1.58. The summed E-state index contributed by atoms with van der Waals surface area (Å²) in [5.74, 6) is 0. The van der Waals surface area contributed by atoms with Gasteiger partial charge in [0.1, 0.15) is 11.2 Å². The third kappa shape index (κ3) is 15.9. The smallest absolute Gasteiger partial charge is 0.137 e. The van der Waals surface area contributed by atoms with E-state index in [2.05, 4.69) is 588 Å². The van der Waals surface area contributed by atoms with Crippen LogP contribution in [0.15, 0.2) is 563 Å². The maximum absolute atomic E-state index is 6.34. The van der Waals surface area contributed by atoms with Gasteiger partial charge < -0.3 is 32.8 Å². The third-order valence-corrected chi connectivity index (χ3v) is 31.2. The first-order valence-corrected chi connectivity index (χ1v) is 51.9. The fourth-order valence-corrected chi connectivity index (χ4v) is 24.1. The second kappa shape index (κ2) is 37.6. The number of benzene rings is 23. The Morgan fingerprint density at radius 1 is 0.195 bits per heavy atom. The van der Waals surface area contributed by atoms with E-state index in [4.69, 9.17) is 4.42 Å². The molecule has 0 unspecified atom stereocenters. The number of nitrogens with zero attached hydrogens (tertiary/aromatic N) is 6. The van der Waals surface area contributed by atoms with Gasteiger partial charge in [-0.05, 0) is 278 Å². The van der Waals surface area contributed by atoms with Gasteiger partial charge in [-0.3, -0.25) is 0 Å². The highest BCUT2D eigenvalue weighted by Gasteiger charge is 2.36. The van der Waals surface area contributed by atoms with Gasteiger partial charge in [0.25, 0.3) is 0 Å². The Balaban J connectivity index is 0.000000110. The van der Waals surface area contributed by atoms with Crippen LogP contribution >= 0.6 is 11.3 Å². The second-order valence-electron chi connectivity index (χ2n) is 39.0. The van der Waals surface area contributed by atoms with Crippen molar-refractivity contribution in [2.24, 2.45) is 0 Å². The topological polar surface area (TPSA) is 37.6 Å². The Hall–Kier alpha value is -19.1. The minimum Gasteiger partial charge on any atom is -0.456 e. The summed E-state index contributed by atoms with van der Waals surface area (Å²) in [7, 11) is 0. The van der Waals surface area contributed by atoms with Crippen LogP contribution in [-0.2, 0) is 5.41 Å². The van der Waals surface area contributed by atoms with Gasteiger partial charge in [-0.2, -0.15) is 0 Å². The molecule has 0 fully saturated rings. The molecule has 8 heteroatoms. The van der Waals surface area contributed by atoms with Crippen LogP contribution in [0, 0.1) is 0 Å². The van der Waals surface area contributed by atoms with E-state index in [1.165, 1.54) is 175 Å². The molecule has 0 atom stereocenters. The zero-order valence-corrected chi connectivity index (χ0v) is 82.9. The van der Waals surface area contributed by atoms with E-state index in [9.17, 15) is 0 Å². The molecule has 0 saturated carbocycles. The van der Waals surface area contributed by atoms with Crippen LogP contribution in [0.5, 0.6) is 0 Å². The normalized spacial score (nSPS) is 12.0. The molecule has 0 spiro atoms. The van der Waals surface area contributed by atoms with Gasteiger partial charge in [0, 0.05) is 137 Å². The van der Waals surface area contributed by atoms with Crippen LogP contribution < -0.4 is 14.7 Å². The summed E-state index contributed by atoms with van der Waals surface area (Å²) in [6.07, 6.45) is 0. The lowest BCUT2D eigenvalue weighted by molar-refractivity contribution is 0.660. The number of rotatable bonds is 17. The Labute approximate surface area is 868 Å². The molecule has 0 bridgehead atoms. The van der Waals surface area contributed by atoms with Gasteiger partial charge >= 0.3 is 0 Å². The van der Waals surface area contributed by atoms with E-state index < -0.39 is 0 Å². The monoisotopic (exact) mass is 1920 g/mol. The van der Waals surface area contributed by atoms with Gasteiger partial charge in [0.2, 0.25) is 0 Å². The molecule has 0 saturated heterocycles. The number of furan rings is 1. The van der Waals surface area contributed by atoms with E-state index in [-0.39, 0.29) is 5.41 Å². The highest BCUT2D eigenvalue weighted by atomic mass is 32.1. The highest BCUT2D eigenvalue weighted by Crippen LogP contribution is 2.53. The molecule has 0 aliphatic heterocycles. The fraction of sp³-hybridized carbons (Fsp3) is 0.0213. The van der Waals surface area contributed by atoms with E-state index in [1.807, 2.05) is 23.5 Å². The van der Waals surface area contributed by atoms with E-state index >= 15 is 0 Å². The molecule has 0 amide bonds. The summed E-state index contributed by atoms with van der Waals surface area (Å²) >= 11 is 1.88. The van der Waals surface area contributed by atoms with E-state index in [0.29, 0.717) is 0 Å². The van der Waals surface area contributed by atoms with Gasteiger partial charge in [0.15, 0.2) is 0 Å². The predicted molar refractivity (Wildman–Crippen MR) is 631 cm³/mol. The van der Waals surface area contributed by atoms with Crippen LogP contribution in [-0.4, -0.2) is 13.7 Å². The van der Waals surface area contributed by atoms with Crippen molar-refractivity contribution in [3.05, 3.63) is 569 Å². The van der Waals surface area contributed by atoms with Crippen molar-refractivity contribution in [3.8, 4) is 83.8 Å². The zero-order valence-electron chi connectivity index (χ0n) is 82.1. The Morgan fingerprint density at radius 2 is 0.537 bits per heavy atom. The molecule has 1 aliphatic carbocycles. The molecule has 5 aromatic heterocycles. The lowest BCUT2D eigenvalue weighted by Crippen LogP contribution is -2.16. The Kier molecular flexibility index (Phi) is 22.4. The first-order chi connectivity index (χ1) is 73.7. The van der Waals surface area contributed by atoms with Crippen molar-refractivity contribution in [1.82, 2.24) is 13.7 Å². The standard InChI is InChI=1S/C51H38N2.C48H32N2O.C42H28N2S/c1-51(2)47-19-11-9-17-43(47)44-31-30-42(34-48(44)51)52(40-26-21-36(22-27-40)35-13-5-3-6-14-35)41-28-23-37(24-29-41)38-25-32-50-46(33-38)45-18-10-12-20-49(45)53(50)39-15-7-4-8-16-39;1-3-11-33(12-4-1)34-19-24-38(25-20-34)49(40-28-29-43-42-16-8-10-18-47(42)51-48(43)32-40)39-26-21-35(22-27-39)36-23-30-46-44(31-36)41-15-7-9-17-45(41)50(46)37-13-5-2-6-14-37;1-3-13-30(14-4-1)43(32-27-25-29(26-28-32)33-19-11-20-35-34-17-8-10-24-40(34)45-42(33)35)38-22-12-23-39-41(38)36-18-7-9-21-37(36)44(39)31-15-5-2-6-16-31/h3-34H,1-2H3;1-32H;1-28H. The quantitative estimate of drug-likeness (QED) is 0.0911. The number of hydrogen-bond acceptors (Lipinski definition) is 5. The molecule has 5 heterocycles. The number of aromatic nitrogens is 3. The molecule has 7 nitrogen and oxygen atoms in total. The molecule has 23 aromatic carbocycles. The number of thiophene rings is 1. The molecule has 1 aliphatic rings. The minimum atomic E-state index is -0.0864. The van der Waals surface area contributed by atoms with E-state index in [0.717, 1.165) is 78.8 Å². The summed E-state index contributed by atoms with van der Waals surface area (Å²) in [6, 6.07) is 201. The lowest BCUT2D eigenvalue weighted by Gasteiger charge is -2.28. The van der Waals surface area contributed by atoms with Crippen molar-refractivity contribution in [2.45, 2.75) is 19.3 Å². The van der Waals surface area contributed by atoms with Gasteiger partial charge in [-0.1, -0.05) is 366 Å². The highest BCUT2D eigenvalue weighted by molar-refractivity contribution is 7.26. The van der Waals surface area contributed by atoms with Gasteiger partial charge in [-0.15, -0.1) is 11.3 Å². The number of hydrogen-bond donors (Lipinski definition) is 0. The summed E-state index contributed by atoms with van der Waals surface area (Å²) in [5.41, 5.74) is 39.9. The van der Waals surface area contributed by atoms with Crippen LogP contribution in [0.4, 0.5) is 51.2 Å². The van der Waals surface area contributed by atoms with E-state index in [1.54, 1.807) is 0 Å². The van der Waals surface area contributed by atoms with Crippen molar-refractivity contribution in [1.29, 1.82) is 0 Å². The van der Waals surface area contributed by atoms with Crippen molar-refractivity contribution in [3.63, 3.8) is 0 Å². The predicted octanol–water partition coefficient (Wildman–Crippen LogP) is 39.7. The summed E-state index contributed by atoms with van der Waals surface area (Å²) in [5, 5.41) is 12.4. The third-order valence-electron chi connectivity index (χ3n) is 30.0. The second-order valence-corrected chi connectivity index (χ2v) is 40.0. The fourth-order valence-electron chi connectivity index (χ4n) is 22.9. The van der Waals surface area contributed by atoms with Crippen LogP contribution in [0.25, 0.3) is 191 Å². The lowest BCUT2D eigenvalue weighted by atomic mass is 9.82. The number of fused-ring (bicyclic) bond motifs is 18. The van der Waals surface area contributed by atoms with Crippen LogP contribution in [0.1, 0.15) is 25.0 Å². The number of anilines is 9.